The number of nitrogens with zero attached hydrogens (tertiary/aromatic N) is 2. The third-order valence-electron chi connectivity index (χ3n) is 3.47. The lowest BCUT2D eigenvalue weighted by molar-refractivity contribution is 0.303. The number of hydrogen-bond donors (Lipinski definition) is 4. The fourth-order valence-corrected chi connectivity index (χ4v) is 5.06. The van der Waals surface area contributed by atoms with Gasteiger partial charge in [0.2, 0.25) is 0 Å². The van der Waals surface area contributed by atoms with Gasteiger partial charge in [-0.3, -0.25) is 19.1 Å². The molecule has 0 aliphatic rings. The summed E-state index contributed by atoms with van der Waals surface area (Å²) in [6.07, 6.45) is 1.64. The van der Waals surface area contributed by atoms with Crippen molar-refractivity contribution in [2.45, 2.75) is 17.7 Å². The third kappa shape index (κ3) is 3.93. The Kier molecular flexibility index (Phi) is 5.16. The minimum absolute atomic E-state index is 0.176. The summed E-state index contributed by atoms with van der Waals surface area (Å²) >= 11 is 0. The molecule has 4 N–H and O–H groups in total. The molecule has 2 aromatic rings. The van der Waals surface area contributed by atoms with Gasteiger partial charge in [-0.2, -0.15) is 0 Å². The van der Waals surface area contributed by atoms with Gasteiger partial charge in [0.05, 0.1) is 0 Å². The number of hydrogen-bond acceptors (Lipinski definition) is 4. The number of pyridine rings is 2. The second kappa shape index (κ2) is 6.61. The molecule has 0 radical (unpaired) electrons. The van der Waals surface area contributed by atoms with Crippen molar-refractivity contribution in [3.05, 3.63) is 60.2 Å². The van der Waals surface area contributed by atoms with E-state index < -0.39 is 32.9 Å². The zero-order valence-corrected chi connectivity index (χ0v) is 13.7. The van der Waals surface area contributed by atoms with E-state index in [1.54, 1.807) is 24.3 Å². The van der Waals surface area contributed by atoms with E-state index in [9.17, 15) is 28.7 Å². The van der Waals surface area contributed by atoms with Gasteiger partial charge in [0.1, 0.15) is 0 Å². The number of aromatic nitrogens is 2. The van der Waals surface area contributed by atoms with Gasteiger partial charge in [-0.15, -0.1) is 0 Å². The molecule has 124 valence electrons. The summed E-state index contributed by atoms with van der Waals surface area (Å²) in [7, 11) is -10.4. The van der Waals surface area contributed by atoms with E-state index in [-0.39, 0.29) is 11.4 Å². The molecular weight excluding hydrogens is 342 g/mol. The van der Waals surface area contributed by atoms with Crippen molar-refractivity contribution in [1.29, 1.82) is 0 Å². The lowest BCUT2D eigenvalue weighted by atomic mass is 10.1. The SMILES string of the molecule is O=P(O)(O)C(Cc1ccccn1)(Cc1ccccn1)P(=O)(O)O. The first-order valence-electron chi connectivity index (χ1n) is 6.57. The standard InChI is InChI=1S/C13H16N2O6P2/c16-22(17,18)13(23(19,20)21,9-11-5-1-3-7-14-11)10-12-6-2-4-8-15-12/h1-8H,9-10H2,(H2,16,17,18)(H2,19,20,21). The molecule has 0 aliphatic carbocycles. The Labute approximate surface area is 132 Å². The maximum Gasteiger partial charge on any atom is 0.344 e. The summed E-state index contributed by atoms with van der Waals surface area (Å²) in [4.78, 5) is 44.2. The maximum absolute atomic E-state index is 12.1. The van der Waals surface area contributed by atoms with Crippen LogP contribution in [0.3, 0.4) is 0 Å². The van der Waals surface area contributed by atoms with Crippen LogP contribution in [0.5, 0.6) is 0 Å². The quantitative estimate of drug-likeness (QED) is 0.567. The van der Waals surface area contributed by atoms with Crippen LogP contribution in [0.1, 0.15) is 11.4 Å². The molecule has 0 saturated carbocycles. The molecule has 2 heterocycles. The van der Waals surface area contributed by atoms with Crippen LogP contribution >= 0.6 is 15.2 Å². The van der Waals surface area contributed by atoms with Gasteiger partial charge in [-0.25, -0.2) is 0 Å². The van der Waals surface area contributed by atoms with Crippen molar-refractivity contribution in [1.82, 2.24) is 9.97 Å². The summed E-state index contributed by atoms with van der Waals surface area (Å²) in [5.41, 5.74) is 0.352. The van der Waals surface area contributed by atoms with Crippen molar-refractivity contribution < 1.29 is 28.7 Å². The van der Waals surface area contributed by atoms with Gasteiger partial charge in [-0.1, -0.05) is 12.1 Å². The normalized spacial score (nSPS) is 13.0. The predicted molar refractivity (Wildman–Crippen MR) is 82.7 cm³/mol. The zero-order valence-electron chi connectivity index (χ0n) is 11.9. The van der Waals surface area contributed by atoms with Crippen LogP contribution in [0, 0.1) is 0 Å². The molecule has 0 fully saturated rings. The molecule has 10 heteroatoms. The molecule has 0 aliphatic heterocycles. The van der Waals surface area contributed by atoms with Gasteiger partial charge < -0.3 is 19.6 Å². The van der Waals surface area contributed by atoms with Crippen LogP contribution < -0.4 is 0 Å². The van der Waals surface area contributed by atoms with Crippen molar-refractivity contribution >= 4 is 15.2 Å². The molecule has 0 bridgehead atoms. The van der Waals surface area contributed by atoms with Crippen LogP contribution in [0.25, 0.3) is 0 Å². The molecular formula is C13H16N2O6P2. The smallest absolute Gasteiger partial charge is 0.324 e. The first-order valence-corrected chi connectivity index (χ1v) is 9.79. The Hall–Kier alpha value is -1.40. The molecule has 0 amide bonds. The van der Waals surface area contributed by atoms with Crippen molar-refractivity contribution in [2.75, 3.05) is 0 Å². The van der Waals surface area contributed by atoms with Gasteiger partial charge in [0.25, 0.3) is 0 Å². The van der Waals surface area contributed by atoms with E-state index in [1.165, 1.54) is 24.5 Å². The van der Waals surface area contributed by atoms with E-state index in [0.29, 0.717) is 0 Å². The van der Waals surface area contributed by atoms with Gasteiger partial charge in [0.15, 0.2) is 4.90 Å². The van der Waals surface area contributed by atoms with Gasteiger partial charge in [0, 0.05) is 36.6 Å². The van der Waals surface area contributed by atoms with Crippen molar-refractivity contribution in [3.63, 3.8) is 0 Å². The summed E-state index contributed by atoms with van der Waals surface area (Å²) in [6.45, 7) is 0. The Balaban J connectivity index is 2.56. The summed E-state index contributed by atoms with van der Waals surface area (Å²) < 4.78 is 24.1. The molecule has 2 aromatic heterocycles. The van der Waals surface area contributed by atoms with Crippen LogP contribution in [-0.2, 0) is 22.0 Å². The van der Waals surface area contributed by atoms with Crippen LogP contribution in [0.4, 0.5) is 0 Å². The fourth-order valence-electron chi connectivity index (χ4n) is 2.23. The monoisotopic (exact) mass is 358 g/mol. The lowest BCUT2D eigenvalue weighted by Gasteiger charge is -2.34. The van der Waals surface area contributed by atoms with Crippen LogP contribution in [0.2, 0.25) is 0 Å². The first-order chi connectivity index (χ1) is 10.7. The predicted octanol–water partition coefficient (Wildman–Crippen LogP) is 1.31. The van der Waals surface area contributed by atoms with Crippen molar-refractivity contribution in [2.24, 2.45) is 0 Å². The highest BCUT2D eigenvalue weighted by atomic mass is 31.2. The molecule has 23 heavy (non-hydrogen) atoms. The molecule has 8 nitrogen and oxygen atoms in total. The topological polar surface area (TPSA) is 141 Å². The van der Waals surface area contributed by atoms with E-state index >= 15 is 0 Å². The summed E-state index contributed by atoms with van der Waals surface area (Å²) in [5.74, 6) is 0. The minimum Gasteiger partial charge on any atom is -0.324 e. The van der Waals surface area contributed by atoms with Crippen LogP contribution in [0.15, 0.2) is 48.8 Å². The Bertz CT molecular complexity index is 678. The van der Waals surface area contributed by atoms with Gasteiger partial charge in [-0.05, 0) is 24.3 Å². The fraction of sp³-hybridized carbons (Fsp3) is 0.231. The molecule has 0 atom stereocenters. The van der Waals surface area contributed by atoms with Crippen molar-refractivity contribution in [3.8, 4) is 0 Å². The Morgan fingerprint density at radius 2 is 1.17 bits per heavy atom. The molecule has 0 saturated heterocycles. The minimum atomic E-state index is -5.20. The largest absolute Gasteiger partial charge is 0.344 e. The Morgan fingerprint density at radius 3 is 1.43 bits per heavy atom. The second-order valence-corrected chi connectivity index (χ2v) is 9.31. The van der Waals surface area contributed by atoms with E-state index in [0.717, 1.165) is 0 Å². The molecule has 0 aromatic carbocycles. The van der Waals surface area contributed by atoms with E-state index in [1.807, 2.05) is 0 Å². The molecule has 0 spiro atoms. The lowest BCUT2D eigenvalue weighted by Crippen LogP contribution is -2.35. The van der Waals surface area contributed by atoms with Gasteiger partial charge >= 0.3 is 15.2 Å². The number of rotatable bonds is 6. The second-order valence-electron chi connectivity index (χ2n) is 5.07. The highest BCUT2D eigenvalue weighted by Gasteiger charge is 2.60. The average molecular weight is 358 g/mol. The Morgan fingerprint density at radius 1 is 0.783 bits per heavy atom. The highest BCUT2D eigenvalue weighted by Crippen LogP contribution is 2.71. The maximum atomic E-state index is 12.1. The summed E-state index contributed by atoms with van der Waals surface area (Å²) in [5, 5.41) is 0. The highest BCUT2D eigenvalue weighted by molar-refractivity contribution is 7.72. The molecule has 2 rings (SSSR count). The van der Waals surface area contributed by atoms with E-state index in [4.69, 9.17) is 0 Å². The average Bonchev–Trinajstić information content (AvgIpc) is 2.46. The first kappa shape index (κ1) is 17.9. The molecule has 0 unspecified atom stereocenters. The third-order valence-corrected chi connectivity index (χ3v) is 7.83. The van der Waals surface area contributed by atoms with E-state index in [2.05, 4.69) is 9.97 Å². The summed E-state index contributed by atoms with van der Waals surface area (Å²) in [6, 6.07) is 9.26. The van der Waals surface area contributed by atoms with Crippen LogP contribution in [-0.4, -0.2) is 34.4 Å². The zero-order chi connectivity index (χ0) is 17.1.